The van der Waals surface area contributed by atoms with Crippen molar-refractivity contribution in [3.05, 3.63) is 59.9 Å². The Hall–Kier alpha value is -3.26. The van der Waals surface area contributed by atoms with E-state index in [1.807, 2.05) is 7.05 Å². The molecule has 0 saturated carbocycles. The average Bonchev–Trinajstić information content (AvgIpc) is 2.70. The molecular weight excluding hydrogens is 356 g/mol. The van der Waals surface area contributed by atoms with Crippen LogP contribution in [0.25, 0.3) is 0 Å². The first-order valence-electron chi connectivity index (χ1n) is 9.05. The molecule has 8 nitrogen and oxygen atoms in total. The molecule has 0 radical (unpaired) electrons. The van der Waals surface area contributed by atoms with E-state index in [-0.39, 0.29) is 17.2 Å². The molecule has 5 N–H and O–H groups in total. The van der Waals surface area contributed by atoms with E-state index < -0.39 is 11.5 Å². The fourth-order valence-corrected chi connectivity index (χ4v) is 3.28. The molecular formula is C20H24N6O2. The number of piperidine rings is 1. The molecule has 1 fully saturated rings. The third kappa shape index (κ3) is 4.34. The van der Waals surface area contributed by atoms with Gasteiger partial charge in [0.25, 0.3) is 0 Å². The molecule has 2 heterocycles. The standard InChI is InChI=1S/C20H24N6O2/c1-26-11-7-20(8-12-26,25-16-4-2-3-15(13-16)18(27)28)19(22)24-17(21)14-5-9-23-10-6-14/h2-6,9-10,13,25H,7-8,11-12H2,1H3,(H,27,28)(H3,21,22,24). The van der Waals surface area contributed by atoms with Crippen LogP contribution >= 0.6 is 0 Å². The van der Waals surface area contributed by atoms with Crippen LogP contribution in [0.5, 0.6) is 0 Å². The molecule has 0 aliphatic carbocycles. The Balaban J connectivity index is 1.83. The smallest absolute Gasteiger partial charge is 0.335 e. The van der Waals surface area contributed by atoms with Crippen LogP contribution in [0.2, 0.25) is 0 Å². The number of hydrogen-bond acceptors (Lipinski definition) is 6. The highest BCUT2D eigenvalue weighted by Gasteiger charge is 2.38. The maximum atomic E-state index is 11.3. The lowest BCUT2D eigenvalue weighted by atomic mass is 9.85. The van der Waals surface area contributed by atoms with Crippen LogP contribution in [0.4, 0.5) is 5.69 Å². The Labute approximate surface area is 163 Å². The summed E-state index contributed by atoms with van der Waals surface area (Å²) in [6.45, 7) is 1.58. The van der Waals surface area contributed by atoms with Crippen molar-refractivity contribution in [2.75, 3.05) is 25.5 Å². The SMILES string of the molecule is CN1CCC(Nc2cccc(C(=O)O)c2)(C(=N)NC(=N)c2ccncc2)CC1. The van der Waals surface area contributed by atoms with Gasteiger partial charge in [0.2, 0.25) is 0 Å². The van der Waals surface area contributed by atoms with Crippen molar-refractivity contribution >= 4 is 23.3 Å². The summed E-state index contributed by atoms with van der Waals surface area (Å²) in [6, 6.07) is 10.0. The van der Waals surface area contributed by atoms with Gasteiger partial charge in [-0.1, -0.05) is 6.07 Å². The van der Waals surface area contributed by atoms with Crippen molar-refractivity contribution in [1.82, 2.24) is 15.2 Å². The van der Waals surface area contributed by atoms with Crippen LogP contribution in [-0.4, -0.2) is 58.3 Å². The van der Waals surface area contributed by atoms with E-state index in [1.54, 1.807) is 42.7 Å². The lowest BCUT2D eigenvalue weighted by Crippen LogP contribution is -2.58. The molecule has 0 unspecified atom stereocenters. The number of nitrogens with zero attached hydrogens (tertiary/aromatic N) is 2. The summed E-state index contributed by atoms with van der Waals surface area (Å²) >= 11 is 0. The van der Waals surface area contributed by atoms with Crippen LogP contribution in [0, 0.1) is 10.8 Å². The van der Waals surface area contributed by atoms with Crippen LogP contribution in [0.3, 0.4) is 0 Å². The summed E-state index contributed by atoms with van der Waals surface area (Å²) in [5.74, 6) is -0.663. The molecule has 146 valence electrons. The number of pyridine rings is 1. The van der Waals surface area contributed by atoms with Gasteiger partial charge in [-0.05, 0) is 50.2 Å². The third-order valence-corrected chi connectivity index (χ3v) is 5.03. The Morgan fingerprint density at radius 2 is 1.82 bits per heavy atom. The molecule has 0 atom stereocenters. The fourth-order valence-electron chi connectivity index (χ4n) is 3.28. The van der Waals surface area contributed by atoms with Gasteiger partial charge in [0, 0.05) is 36.7 Å². The van der Waals surface area contributed by atoms with Gasteiger partial charge < -0.3 is 20.6 Å². The molecule has 8 heteroatoms. The van der Waals surface area contributed by atoms with E-state index in [2.05, 4.69) is 20.5 Å². The second-order valence-corrected chi connectivity index (χ2v) is 7.01. The number of hydrogen-bond donors (Lipinski definition) is 5. The number of aromatic nitrogens is 1. The monoisotopic (exact) mass is 380 g/mol. The quantitative estimate of drug-likeness (QED) is 0.400. The molecule has 3 rings (SSSR count). The molecule has 2 aromatic rings. The summed E-state index contributed by atoms with van der Waals surface area (Å²) in [6.07, 6.45) is 4.54. The van der Waals surface area contributed by atoms with E-state index in [0.717, 1.165) is 13.1 Å². The summed E-state index contributed by atoms with van der Waals surface area (Å²) in [5.41, 5.74) is 0.780. The van der Waals surface area contributed by atoms with Crippen molar-refractivity contribution in [1.29, 1.82) is 10.8 Å². The Kier molecular flexibility index (Phi) is 5.70. The molecule has 0 amide bonds. The fraction of sp³-hybridized carbons (Fsp3) is 0.300. The van der Waals surface area contributed by atoms with Gasteiger partial charge in [0.15, 0.2) is 0 Å². The van der Waals surface area contributed by atoms with E-state index in [4.69, 9.17) is 10.8 Å². The van der Waals surface area contributed by atoms with Gasteiger partial charge >= 0.3 is 5.97 Å². The maximum absolute atomic E-state index is 11.3. The summed E-state index contributed by atoms with van der Waals surface area (Å²) < 4.78 is 0. The Bertz CT molecular complexity index is 875. The zero-order chi connectivity index (χ0) is 20.1. The molecule has 1 aromatic heterocycles. The van der Waals surface area contributed by atoms with Crippen molar-refractivity contribution in [3.8, 4) is 0 Å². The Morgan fingerprint density at radius 1 is 1.14 bits per heavy atom. The summed E-state index contributed by atoms with van der Waals surface area (Å²) in [5, 5.41) is 32.5. The zero-order valence-corrected chi connectivity index (χ0v) is 15.7. The van der Waals surface area contributed by atoms with E-state index in [1.165, 1.54) is 6.07 Å². The van der Waals surface area contributed by atoms with E-state index in [9.17, 15) is 9.90 Å². The highest BCUT2D eigenvalue weighted by molar-refractivity contribution is 6.10. The number of carboxylic acid groups (broad SMARTS) is 1. The van der Waals surface area contributed by atoms with E-state index in [0.29, 0.717) is 24.1 Å². The number of carbonyl (C=O) groups is 1. The van der Waals surface area contributed by atoms with Crippen LogP contribution in [0.15, 0.2) is 48.8 Å². The molecule has 0 bridgehead atoms. The number of anilines is 1. The second-order valence-electron chi connectivity index (χ2n) is 7.01. The minimum absolute atomic E-state index is 0.131. The molecule has 1 saturated heterocycles. The largest absolute Gasteiger partial charge is 0.478 e. The molecule has 1 aromatic carbocycles. The van der Waals surface area contributed by atoms with Gasteiger partial charge in [-0.25, -0.2) is 4.79 Å². The highest BCUT2D eigenvalue weighted by Crippen LogP contribution is 2.28. The number of aromatic carboxylic acids is 1. The lowest BCUT2D eigenvalue weighted by molar-refractivity contribution is 0.0697. The maximum Gasteiger partial charge on any atom is 0.335 e. The predicted molar refractivity (Wildman–Crippen MR) is 108 cm³/mol. The first kappa shape index (κ1) is 19.5. The second kappa shape index (κ2) is 8.18. The van der Waals surface area contributed by atoms with Crippen LogP contribution in [0.1, 0.15) is 28.8 Å². The highest BCUT2D eigenvalue weighted by atomic mass is 16.4. The molecule has 0 spiro atoms. The minimum Gasteiger partial charge on any atom is -0.478 e. The number of benzene rings is 1. The summed E-state index contributed by atoms with van der Waals surface area (Å²) in [4.78, 5) is 17.4. The first-order chi connectivity index (χ1) is 13.4. The van der Waals surface area contributed by atoms with Gasteiger partial charge in [-0.2, -0.15) is 0 Å². The van der Waals surface area contributed by atoms with E-state index >= 15 is 0 Å². The normalized spacial score (nSPS) is 16.2. The van der Waals surface area contributed by atoms with Crippen LogP contribution < -0.4 is 10.6 Å². The van der Waals surface area contributed by atoms with Gasteiger partial charge in [-0.3, -0.25) is 15.8 Å². The number of carboxylic acids is 1. The van der Waals surface area contributed by atoms with Crippen molar-refractivity contribution in [2.24, 2.45) is 0 Å². The first-order valence-corrected chi connectivity index (χ1v) is 9.05. The molecule has 1 aliphatic rings. The molecule has 28 heavy (non-hydrogen) atoms. The Morgan fingerprint density at radius 3 is 2.46 bits per heavy atom. The van der Waals surface area contributed by atoms with Gasteiger partial charge in [0.05, 0.1) is 11.1 Å². The minimum atomic E-state index is -0.992. The number of rotatable bonds is 5. The summed E-state index contributed by atoms with van der Waals surface area (Å²) in [7, 11) is 2.03. The number of amidine groups is 2. The van der Waals surface area contributed by atoms with Gasteiger partial charge in [0.1, 0.15) is 11.7 Å². The zero-order valence-electron chi connectivity index (χ0n) is 15.7. The average molecular weight is 380 g/mol. The van der Waals surface area contributed by atoms with Crippen LogP contribution in [-0.2, 0) is 0 Å². The topological polar surface area (TPSA) is 125 Å². The predicted octanol–water partition coefficient (Wildman–Crippen LogP) is 2.25. The van der Waals surface area contributed by atoms with Crippen molar-refractivity contribution in [2.45, 2.75) is 18.4 Å². The third-order valence-electron chi connectivity index (χ3n) is 5.03. The van der Waals surface area contributed by atoms with Gasteiger partial charge in [-0.15, -0.1) is 0 Å². The number of nitrogens with one attached hydrogen (secondary N) is 4. The van der Waals surface area contributed by atoms with Crippen molar-refractivity contribution < 1.29 is 9.90 Å². The number of likely N-dealkylation sites (tertiary alicyclic amines) is 1. The molecule has 1 aliphatic heterocycles. The lowest BCUT2D eigenvalue weighted by Gasteiger charge is -2.42. The van der Waals surface area contributed by atoms with Crippen molar-refractivity contribution in [3.63, 3.8) is 0 Å².